The van der Waals surface area contributed by atoms with Crippen molar-refractivity contribution in [3.8, 4) is 0 Å². The lowest BCUT2D eigenvalue weighted by Gasteiger charge is -2.01. The number of aryl methyl sites for hydroxylation is 3. The summed E-state index contributed by atoms with van der Waals surface area (Å²) in [4.78, 5) is 12.9. The summed E-state index contributed by atoms with van der Waals surface area (Å²) in [6.45, 7) is 18.7. The Bertz CT molecular complexity index is 386. The van der Waals surface area contributed by atoms with E-state index in [0.717, 1.165) is 36.7 Å². The minimum Gasteiger partial charge on any atom is -0.218 e. The SMILES string of the molecule is CC.CCC.CCC.CCc1nc(CC)nc(CC)n1.c1ccccc1. The Labute approximate surface area is 163 Å². The molecule has 0 N–H and O–H groups in total. The van der Waals surface area contributed by atoms with E-state index in [1.54, 1.807) is 0 Å². The molecule has 3 nitrogen and oxygen atoms in total. The molecule has 0 aliphatic rings. The highest BCUT2D eigenvalue weighted by Gasteiger charge is 2.01. The summed E-state index contributed by atoms with van der Waals surface area (Å²) in [5.41, 5.74) is 0. The van der Waals surface area contributed by atoms with Gasteiger partial charge in [0, 0.05) is 19.3 Å². The molecule has 1 aromatic heterocycles. The minimum absolute atomic E-state index is 0.891. The Morgan fingerprint density at radius 3 is 0.731 bits per heavy atom. The van der Waals surface area contributed by atoms with E-state index in [0.29, 0.717) is 0 Å². The van der Waals surface area contributed by atoms with Crippen LogP contribution in [0.2, 0.25) is 0 Å². The summed E-state index contributed by atoms with van der Waals surface area (Å²) in [5, 5.41) is 0. The molecule has 0 aliphatic carbocycles. The molecule has 150 valence electrons. The van der Waals surface area contributed by atoms with Crippen LogP contribution < -0.4 is 0 Å². The van der Waals surface area contributed by atoms with Gasteiger partial charge in [0.05, 0.1) is 0 Å². The van der Waals surface area contributed by atoms with Crippen LogP contribution in [0.4, 0.5) is 0 Å². The van der Waals surface area contributed by atoms with E-state index < -0.39 is 0 Å². The molecule has 0 saturated heterocycles. The van der Waals surface area contributed by atoms with Crippen LogP contribution in [0, 0.1) is 0 Å². The first-order valence-corrected chi connectivity index (χ1v) is 10.4. The van der Waals surface area contributed by atoms with Gasteiger partial charge in [0.2, 0.25) is 0 Å². The normalized spacial score (nSPS) is 8.19. The molecule has 0 radical (unpaired) electrons. The highest BCUT2D eigenvalue weighted by Crippen LogP contribution is 1.98. The van der Waals surface area contributed by atoms with Gasteiger partial charge in [-0.2, -0.15) is 0 Å². The second kappa shape index (κ2) is 25.5. The Hall–Kier alpha value is -1.77. The molecule has 3 heteroatoms. The first kappa shape index (κ1) is 29.0. The number of benzene rings is 1. The van der Waals surface area contributed by atoms with E-state index in [2.05, 4.69) is 63.4 Å². The highest BCUT2D eigenvalue weighted by molar-refractivity contribution is 4.99. The zero-order valence-corrected chi connectivity index (χ0v) is 18.8. The second-order valence-electron chi connectivity index (χ2n) is 5.21. The van der Waals surface area contributed by atoms with Gasteiger partial charge >= 0.3 is 0 Å². The number of rotatable bonds is 3. The van der Waals surface area contributed by atoms with Crippen molar-refractivity contribution >= 4 is 0 Å². The topological polar surface area (TPSA) is 38.7 Å². The molecule has 0 amide bonds. The summed E-state index contributed by atoms with van der Waals surface area (Å²) in [6.07, 6.45) is 5.17. The maximum absolute atomic E-state index is 4.30. The quantitative estimate of drug-likeness (QED) is 0.585. The zero-order chi connectivity index (χ0) is 20.6. The Balaban J connectivity index is -0.000000316. The van der Waals surface area contributed by atoms with Crippen LogP contribution in [0.15, 0.2) is 36.4 Å². The largest absolute Gasteiger partial charge is 0.218 e. The lowest BCUT2D eigenvalue weighted by atomic mass is 10.3. The van der Waals surface area contributed by atoms with Crippen molar-refractivity contribution in [1.29, 1.82) is 0 Å². The first-order chi connectivity index (χ1) is 12.6. The van der Waals surface area contributed by atoms with Gasteiger partial charge in [0.1, 0.15) is 17.5 Å². The van der Waals surface area contributed by atoms with E-state index >= 15 is 0 Å². The van der Waals surface area contributed by atoms with Crippen molar-refractivity contribution in [1.82, 2.24) is 15.0 Å². The van der Waals surface area contributed by atoms with Crippen LogP contribution in [0.5, 0.6) is 0 Å². The molecule has 0 saturated carbocycles. The van der Waals surface area contributed by atoms with Gasteiger partial charge in [-0.3, -0.25) is 0 Å². The third kappa shape index (κ3) is 20.3. The summed E-state index contributed by atoms with van der Waals surface area (Å²) in [6, 6.07) is 12.0. The Morgan fingerprint density at radius 2 is 0.615 bits per heavy atom. The van der Waals surface area contributed by atoms with E-state index in [4.69, 9.17) is 0 Å². The molecule has 2 aromatic rings. The molecule has 0 atom stereocenters. The van der Waals surface area contributed by atoms with E-state index in [1.807, 2.05) is 50.2 Å². The van der Waals surface area contributed by atoms with Crippen molar-refractivity contribution in [2.24, 2.45) is 0 Å². The third-order valence-electron chi connectivity index (χ3n) is 2.39. The highest BCUT2D eigenvalue weighted by atomic mass is 15.0. The first-order valence-electron chi connectivity index (χ1n) is 10.4. The molecule has 0 aliphatic heterocycles. The van der Waals surface area contributed by atoms with Gasteiger partial charge in [-0.25, -0.2) is 15.0 Å². The van der Waals surface area contributed by atoms with Crippen LogP contribution in [0.25, 0.3) is 0 Å². The fraction of sp³-hybridized carbons (Fsp3) is 0.609. The van der Waals surface area contributed by atoms with Crippen molar-refractivity contribution < 1.29 is 0 Å². The average molecular weight is 362 g/mol. The van der Waals surface area contributed by atoms with Crippen molar-refractivity contribution in [2.45, 2.75) is 94.4 Å². The maximum atomic E-state index is 4.30. The monoisotopic (exact) mass is 361 g/mol. The molecule has 26 heavy (non-hydrogen) atoms. The summed E-state index contributed by atoms with van der Waals surface area (Å²) in [7, 11) is 0. The molecule has 0 bridgehead atoms. The lowest BCUT2D eigenvalue weighted by molar-refractivity contribution is 0.772. The Morgan fingerprint density at radius 1 is 0.462 bits per heavy atom. The predicted octanol–water partition coefficient (Wildman–Crippen LogP) is 7.10. The summed E-state index contributed by atoms with van der Waals surface area (Å²) in [5.74, 6) is 2.75. The fourth-order valence-corrected chi connectivity index (χ4v) is 1.38. The van der Waals surface area contributed by atoms with Gasteiger partial charge in [0.15, 0.2) is 0 Å². The van der Waals surface area contributed by atoms with Gasteiger partial charge in [-0.15, -0.1) is 0 Å². The van der Waals surface area contributed by atoms with E-state index in [9.17, 15) is 0 Å². The molecule has 0 fully saturated rings. The van der Waals surface area contributed by atoms with Gasteiger partial charge < -0.3 is 0 Å². The smallest absolute Gasteiger partial charge is 0.132 e. The number of hydrogen-bond donors (Lipinski definition) is 0. The molecule has 2 rings (SSSR count). The third-order valence-corrected chi connectivity index (χ3v) is 2.39. The van der Waals surface area contributed by atoms with Crippen LogP contribution >= 0.6 is 0 Å². The summed E-state index contributed by atoms with van der Waals surface area (Å²) < 4.78 is 0. The fourth-order valence-electron chi connectivity index (χ4n) is 1.38. The number of hydrogen-bond acceptors (Lipinski definition) is 3. The van der Waals surface area contributed by atoms with Gasteiger partial charge in [-0.1, -0.05) is 112 Å². The van der Waals surface area contributed by atoms with Crippen LogP contribution in [-0.4, -0.2) is 15.0 Å². The molecule has 0 spiro atoms. The van der Waals surface area contributed by atoms with Gasteiger partial charge in [-0.05, 0) is 0 Å². The molecular weight excluding hydrogens is 318 g/mol. The standard InChI is InChI=1S/C9H15N3.C6H6.2C3H8.C2H6/c1-4-7-10-8(5-2)12-9(6-3)11-7;1-2-4-6-5-3-1;2*1-3-2;1-2/h4-6H2,1-3H3;1-6H;2*3H2,1-2H3;1-2H3. The van der Waals surface area contributed by atoms with Crippen LogP contribution in [0.1, 0.15) is 92.6 Å². The zero-order valence-electron chi connectivity index (χ0n) is 18.8. The molecule has 1 heterocycles. The molecule has 0 unspecified atom stereocenters. The minimum atomic E-state index is 0.891. The average Bonchev–Trinajstić information content (AvgIpc) is 2.72. The lowest BCUT2D eigenvalue weighted by Crippen LogP contribution is -2.05. The Kier molecular flexibility index (Phi) is 28.4. The molecular formula is C23H43N3. The van der Waals surface area contributed by atoms with Crippen LogP contribution in [0.3, 0.4) is 0 Å². The van der Waals surface area contributed by atoms with Crippen molar-refractivity contribution in [3.05, 3.63) is 53.9 Å². The van der Waals surface area contributed by atoms with Crippen molar-refractivity contribution in [3.63, 3.8) is 0 Å². The van der Waals surface area contributed by atoms with E-state index in [1.165, 1.54) is 12.8 Å². The summed E-state index contributed by atoms with van der Waals surface area (Å²) >= 11 is 0. The number of aromatic nitrogens is 3. The van der Waals surface area contributed by atoms with Crippen LogP contribution in [-0.2, 0) is 19.3 Å². The number of nitrogens with zero attached hydrogens (tertiary/aromatic N) is 3. The second-order valence-corrected chi connectivity index (χ2v) is 5.21. The van der Waals surface area contributed by atoms with Gasteiger partial charge in [0.25, 0.3) is 0 Å². The maximum Gasteiger partial charge on any atom is 0.132 e. The predicted molar refractivity (Wildman–Crippen MR) is 118 cm³/mol. The molecule has 1 aromatic carbocycles. The van der Waals surface area contributed by atoms with E-state index in [-0.39, 0.29) is 0 Å². The van der Waals surface area contributed by atoms with Crippen molar-refractivity contribution in [2.75, 3.05) is 0 Å².